The van der Waals surface area contributed by atoms with E-state index < -0.39 is 0 Å². The maximum absolute atomic E-state index is 12.4. The third kappa shape index (κ3) is 12.0. The first kappa shape index (κ1) is 31.5. The van der Waals surface area contributed by atoms with Gasteiger partial charge in [0.2, 0.25) is 0 Å². The number of unbranched alkanes of at least 4 members (excludes halogenated alkanes) is 12. The first-order valence-corrected chi connectivity index (χ1v) is 15.7. The van der Waals surface area contributed by atoms with Crippen molar-refractivity contribution in [1.29, 1.82) is 0 Å². The summed E-state index contributed by atoms with van der Waals surface area (Å²) in [5.41, 5.74) is 1.69. The second-order valence-corrected chi connectivity index (χ2v) is 10.9. The van der Waals surface area contributed by atoms with Crippen LogP contribution in [0.1, 0.15) is 120 Å². The van der Waals surface area contributed by atoms with Crippen LogP contribution in [0.15, 0.2) is 60.7 Å². The normalized spacial score (nSPS) is 11.1. The van der Waals surface area contributed by atoms with Crippen molar-refractivity contribution in [2.45, 2.75) is 110 Å². The number of rotatable bonds is 21. The van der Waals surface area contributed by atoms with Crippen LogP contribution >= 0.6 is 0 Å². The maximum Gasteiger partial charge on any atom is 0.338 e. The number of fused-ring (bicyclic) bond motifs is 1. The second-order valence-electron chi connectivity index (χ2n) is 10.9. The molecule has 0 N–H and O–H groups in total. The molecule has 0 fully saturated rings. The summed E-state index contributed by atoms with van der Waals surface area (Å²) in [5.74, 6) is 1.47. The average Bonchev–Trinajstić information content (AvgIpc) is 2.99. The molecule has 3 aromatic carbocycles. The van der Waals surface area contributed by atoms with Crippen molar-refractivity contribution >= 4 is 16.7 Å². The van der Waals surface area contributed by atoms with Gasteiger partial charge in [-0.2, -0.15) is 0 Å². The maximum atomic E-state index is 12.4. The number of hydrogen-bond acceptors (Lipinski definition) is 4. The lowest BCUT2D eigenvalue weighted by Gasteiger charge is -2.10. The molecule has 40 heavy (non-hydrogen) atoms. The molecule has 0 aliphatic carbocycles. The molecule has 0 aromatic heterocycles. The molecule has 4 nitrogen and oxygen atoms in total. The summed E-state index contributed by atoms with van der Waals surface area (Å²) in [6, 6.07) is 19.8. The van der Waals surface area contributed by atoms with E-state index in [4.69, 9.17) is 14.2 Å². The van der Waals surface area contributed by atoms with Crippen LogP contribution in [0.25, 0.3) is 10.8 Å². The van der Waals surface area contributed by atoms with Crippen molar-refractivity contribution in [3.63, 3.8) is 0 Å². The zero-order valence-corrected chi connectivity index (χ0v) is 24.9. The lowest BCUT2D eigenvalue weighted by atomic mass is 10.1. The van der Waals surface area contributed by atoms with Crippen molar-refractivity contribution in [2.75, 3.05) is 13.2 Å². The Bertz CT molecular complexity index is 1110. The molecule has 218 valence electrons. The summed E-state index contributed by atoms with van der Waals surface area (Å²) < 4.78 is 17.4. The molecule has 3 rings (SSSR count). The van der Waals surface area contributed by atoms with Gasteiger partial charge in [0.1, 0.15) is 18.1 Å². The Kier molecular flexibility index (Phi) is 15.1. The summed E-state index contributed by atoms with van der Waals surface area (Å²) in [7, 11) is 0. The Morgan fingerprint density at radius 3 is 1.80 bits per heavy atom. The van der Waals surface area contributed by atoms with Gasteiger partial charge in [-0.25, -0.2) is 4.79 Å². The average molecular weight is 547 g/mol. The van der Waals surface area contributed by atoms with Crippen LogP contribution in [0.3, 0.4) is 0 Å². The predicted molar refractivity (Wildman–Crippen MR) is 166 cm³/mol. The molecule has 4 heteroatoms. The molecular formula is C36H50O4. The number of esters is 1. The van der Waals surface area contributed by atoms with E-state index in [2.05, 4.69) is 26.0 Å². The van der Waals surface area contributed by atoms with Crippen molar-refractivity contribution in [1.82, 2.24) is 0 Å². The number of benzene rings is 3. The van der Waals surface area contributed by atoms with E-state index >= 15 is 0 Å². The molecule has 0 heterocycles. The van der Waals surface area contributed by atoms with Gasteiger partial charge in [-0.05, 0) is 65.6 Å². The summed E-state index contributed by atoms with van der Waals surface area (Å²) >= 11 is 0. The lowest BCUT2D eigenvalue weighted by Crippen LogP contribution is -2.06. The summed E-state index contributed by atoms with van der Waals surface area (Å²) in [5, 5.41) is 2.03. The Morgan fingerprint density at radius 1 is 0.550 bits per heavy atom. The van der Waals surface area contributed by atoms with Crippen LogP contribution in [-0.2, 0) is 11.3 Å². The first-order valence-electron chi connectivity index (χ1n) is 15.7. The van der Waals surface area contributed by atoms with Gasteiger partial charge in [0.15, 0.2) is 0 Å². The molecule has 0 saturated heterocycles. The highest BCUT2D eigenvalue weighted by molar-refractivity contribution is 5.95. The third-order valence-electron chi connectivity index (χ3n) is 7.37. The van der Waals surface area contributed by atoms with Gasteiger partial charge in [-0.1, -0.05) is 115 Å². The SMILES string of the molecule is CCCCCCCCCCCCOc1ccc(COc2ccc3cc(C(=O)OCCCCCC)ccc3c2)cc1. The van der Waals surface area contributed by atoms with Crippen LogP contribution in [0.4, 0.5) is 0 Å². The highest BCUT2D eigenvalue weighted by Crippen LogP contribution is 2.24. The summed E-state index contributed by atoms with van der Waals surface area (Å²) in [6.07, 6.45) is 17.7. The molecule has 0 aliphatic rings. The zero-order valence-electron chi connectivity index (χ0n) is 24.9. The topological polar surface area (TPSA) is 44.8 Å². The van der Waals surface area contributed by atoms with Gasteiger partial charge in [-0.15, -0.1) is 0 Å². The number of ether oxygens (including phenoxy) is 3. The van der Waals surface area contributed by atoms with E-state index in [1.165, 1.54) is 70.6 Å². The van der Waals surface area contributed by atoms with Crippen LogP contribution in [-0.4, -0.2) is 19.2 Å². The van der Waals surface area contributed by atoms with E-state index in [-0.39, 0.29) is 5.97 Å². The molecule has 0 aliphatic heterocycles. The van der Waals surface area contributed by atoms with Crippen molar-refractivity contribution < 1.29 is 19.0 Å². The summed E-state index contributed by atoms with van der Waals surface area (Å²) in [6.45, 7) is 6.20. The molecule has 3 aromatic rings. The molecule has 0 atom stereocenters. The van der Waals surface area contributed by atoms with E-state index in [9.17, 15) is 4.79 Å². The van der Waals surface area contributed by atoms with Crippen LogP contribution in [0.2, 0.25) is 0 Å². The van der Waals surface area contributed by atoms with Crippen molar-refractivity contribution in [2.24, 2.45) is 0 Å². The van der Waals surface area contributed by atoms with E-state index in [1.807, 2.05) is 48.5 Å². The van der Waals surface area contributed by atoms with Crippen LogP contribution in [0.5, 0.6) is 11.5 Å². The second kappa shape index (κ2) is 19.1. The fourth-order valence-electron chi connectivity index (χ4n) is 4.85. The van der Waals surface area contributed by atoms with Crippen molar-refractivity contribution in [3.05, 3.63) is 71.8 Å². The molecule has 0 radical (unpaired) electrons. The molecule has 0 saturated carbocycles. The monoisotopic (exact) mass is 546 g/mol. The van der Waals surface area contributed by atoms with E-state index in [1.54, 1.807) is 0 Å². The molecule has 0 amide bonds. The largest absolute Gasteiger partial charge is 0.494 e. The quantitative estimate of drug-likeness (QED) is 0.0984. The van der Waals surface area contributed by atoms with Gasteiger partial charge in [-0.3, -0.25) is 0 Å². The number of carbonyl (C=O) groups excluding carboxylic acids is 1. The summed E-state index contributed by atoms with van der Waals surface area (Å²) in [4.78, 5) is 12.4. The molecular weight excluding hydrogens is 496 g/mol. The van der Waals surface area contributed by atoms with E-state index in [0.717, 1.165) is 53.7 Å². The minimum absolute atomic E-state index is 0.255. The lowest BCUT2D eigenvalue weighted by molar-refractivity contribution is 0.0498. The van der Waals surface area contributed by atoms with Gasteiger partial charge in [0.05, 0.1) is 18.8 Å². The standard InChI is InChI=1S/C36H50O4/c1-3-5-7-9-10-11-12-13-14-16-25-38-34-22-17-30(18-23-34)29-40-35-24-21-31-27-33(20-19-32(31)28-35)36(37)39-26-15-8-6-4-2/h17-24,27-28H,3-16,25-26,29H2,1-2H3. The Hall–Kier alpha value is -3.01. The van der Waals surface area contributed by atoms with Crippen LogP contribution < -0.4 is 9.47 Å². The van der Waals surface area contributed by atoms with Crippen molar-refractivity contribution in [3.8, 4) is 11.5 Å². The smallest absolute Gasteiger partial charge is 0.338 e. The van der Waals surface area contributed by atoms with Gasteiger partial charge in [0, 0.05) is 0 Å². The molecule has 0 bridgehead atoms. The highest BCUT2D eigenvalue weighted by atomic mass is 16.5. The zero-order chi connectivity index (χ0) is 28.3. The number of carbonyl (C=O) groups is 1. The third-order valence-corrected chi connectivity index (χ3v) is 7.37. The molecule has 0 spiro atoms. The first-order chi connectivity index (χ1) is 19.7. The number of hydrogen-bond donors (Lipinski definition) is 0. The Balaban J connectivity index is 1.33. The van der Waals surface area contributed by atoms with Gasteiger partial charge in [0.25, 0.3) is 0 Å². The minimum atomic E-state index is -0.255. The van der Waals surface area contributed by atoms with Gasteiger partial charge < -0.3 is 14.2 Å². The van der Waals surface area contributed by atoms with E-state index in [0.29, 0.717) is 18.8 Å². The van der Waals surface area contributed by atoms with Crippen LogP contribution in [0, 0.1) is 0 Å². The Morgan fingerprint density at radius 2 is 1.10 bits per heavy atom. The Labute approximate surface area is 242 Å². The molecule has 0 unspecified atom stereocenters. The minimum Gasteiger partial charge on any atom is -0.494 e. The van der Waals surface area contributed by atoms with Gasteiger partial charge >= 0.3 is 5.97 Å². The highest BCUT2D eigenvalue weighted by Gasteiger charge is 2.09. The predicted octanol–water partition coefficient (Wildman–Crippen LogP) is 10.5. The fraction of sp³-hybridized carbons (Fsp3) is 0.528. The fourth-order valence-corrected chi connectivity index (χ4v) is 4.85.